The summed E-state index contributed by atoms with van der Waals surface area (Å²) in [5.74, 6) is 0.652. The first kappa shape index (κ1) is 25.9. The lowest BCUT2D eigenvalue weighted by molar-refractivity contribution is -0.120. The number of aryl methyl sites for hydroxylation is 1. The van der Waals surface area contributed by atoms with E-state index in [1.807, 2.05) is 45.0 Å². The van der Waals surface area contributed by atoms with Crippen molar-refractivity contribution in [2.45, 2.75) is 43.7 Å². The molecule has 1 amide bonds. The van der Waals surface area contributed by atoms with E-state index < -0.39 is 28.1 Å². The summed E-state index contributed by atoms with van der Waals surface area (Å²) in [5.41, 5.74) is 1.53. The van der Waals surface area contributed by atoms with Crippen LogP contribution in [0.1, 0.15) is 37.4 Å². The van der Waals surface area contributed by atoms with Gasteiger partial charge in [-0.1, -0.05) is 47.5 Å². The van der Waals surface area contributed by atoms with Crippen LogP contribution in [0.3, 0.4) is 0 Å². The van der Waals surface area contributed by atoms with E-state index in [2.05, 4.69) is 5.32 Å². The number of rotatable bonds is 7. The number of ether oxygens (including phenoxy) is 2. The molecule has 0 aliphatic carbocycles. The molecule has 0 aromatic heterocycles. The maximum Gasteiger partial charge on any atom is 0.264 e. The minimum absolute atomic E-state index is 0.0744. The molecular weight excluding hydrogens is 500 g/mol. The molecule has 1 N–H and O–H groups in total. The molecule has 1 aliphatic heterocycles. The van der Waals surface area contributed by atoms with Crippen molar-refractivity contribution in [3.05, 3.63) is 82.9 Å². The van der Waals surface area contributed by atoms with Gasteiger partial charge >= 0.3 is 0 Å². The van der Waals surface area contributed by atoms with E-state index in [1.54, 1.807) is 24.3 Å². The molecule has 0 fully saturated rings. The highest BCUT2D eigenvalue weighted by Crippen LogP contribution is 2.39. The zero-order chi connectivity index (χ0) is 26.1. The second-order valence-corrected chi connectivity index (χ2v) is 11.6. The number of halogens is 1. The Bertz CT molecular complexity index is 1370. The quantitative estimate of drug-likeness (QED) is 0.451. The molecule has 1 unspecified atom stereocenters. The number of carbonyl (C=O) groups is 1. The van der Waals surface area contributed by atoms with Crippen LogP contribution in [0.15, 0.2) is 71.6 Å². The second kappa shape index (κ2) is 10.0. The molecule has 0 bridgehead atoms. The van der Waals surface area contributed by atoms with Gasteiger partial charge in [0.15, 0.2) is 0 Å². The predicted molar refractivity (Wildman–Crippen MR) is 140 cm³/mol. The monoisotopic (exact) mass is 528 g/mol. The van der Waals surface area contributed by atoms with Crippen LogP contribution in [0.5, 0.6) is 11.5 Å². The maximum atomic E-state index is 13.7. The lowest BCUT2D eigenvalue weighted by Gasteiger charge is -2.38. The summed E-state index contributed by atoms with van der Waals surface area (Å²) in [6.45, 7) is 5.35. The summed E-state index contributed by atoms with van der Waals surface area (Å²) in [5, 5.41) is 3.25. The van der Waals surface area contributed by atoms with Crippen molar-refractivity contribution in [3.63, 3.8) is 0 Å². The lowest BCUT2D eigenvalue weighted by Crippen LogP contribution is -2.45. The van der Waals surface area contributed by atoms with Gasteiger partial charge in [-0.25, -0.2) is 8.42 Å². The Morgan fingerprint density at radius 2 is 1.83 bits per heavy atom. The largest absolute Gasteiger partial charge is 0.495 e. The number of para-hydroxylation sites is 1. The average molecular weight is 529 g/mol. The molecule has 3 aromatic rings. The Hall–Kier alpha value is -3.23. The summed E-state index contributed by atoms with van der Waals surface area (Å²) < 4.78 is 39.7. The summed E-state index contributed by atoms with van der Waals surface area (Å²) >= 11 is 6.31. The van der Waals surface area contributed by atoms with Crippen molar-refractivity contribution in [3.8, 4) is 11.5 Å². The molecular formula is C27H29ClN2O5S. The molecule has 7 nitrogen and oxygen atoms in total. The van der Waals surface area contributed by atoms with E-state index in [0.29, 0.717) is 17.9 Å². The Labute approximate surface area is 217 Å². The predicted octanol–water partition coefficient (Wildman–Crippen LogP) is 5.27. The van der Waals surface area contributed by atoms with E-state index >= 15 is 0 Å². The highest BCUT2D eigenvalue weighted by molar-refractivity contribution is 7.92. The third kappa shape index (κ3) is 5.44. The molecule has 1 atom stereocenters. The van der Waals surface area contributed by atoms with Crippen LogP contribution in [-0.4, -0.2) is 33.6 Å². The van der Waals surface area contributed by atoms with Gasteiger partial charge < -0.3 is 14.8 Å². The molecule has 0 saturated carbocycles. The SMILES string of the molecule is COc1ccc(N(CC(=O)NC2CC(C)(C)Oc3ccccc32)S(=O)(=O)c2ccc(C)cc2)cc1Cl. The molecule has 36 heavy (non-hydrogen) atoms. The van der Waals surface area contributed by atoms with Crippen LogP contribution in [0.4, 0.5) is 5.69 Å². The Morgan fingerprint density at radius 1 is 1.14 bits per heavy atom. The van der Waals surface area contributed by atoms with Crippen molar-refractivity contribution in [1.29, 1.82) is 0 Å². The van der Waals surface area contributed by atoms with Crippen LogP contribution in [-0.2, 0) is 14.8 Å². The van der Waals surface area contributed by atoms with Gasteiger partial charge in [0.05, 0.1) is 28.8 Å². The van der Waals surface area contributed by atoms with Gasteiger partial charge in [0.2, 0.25) is 5.91 Å². The van der Waals surface area contributed by atoms with Crippen molar-refractivity contribution >= 4 is 33.2 Å². The standard InChI is InChI=1S/C27H29ClN2O5S/c1-18-9-12-20(13-10-18)36(32,33)30(19-11-14-25(34-4)22(28)15-19)17-26(31)29-23-16-27(2,3)35-24-8-6-5-7-21(23)24/h5-15,23H,16-17H2,1-4H3,(H,29,31). The highest BCUT2D eigenvalue weighted by atomic mass is 35.5. The van der Waals surface area contributed by atoms with Gasteiger partial charge in [-0.05, 0) is 57.2 Å². The van der Waals surface area contributed by atoms with Crippen LogP contribution < -0.4 is 19.1 Å². The minimum Gasteiger partial charge on any atom is -0.495 e. The van der Waals surface area contributed by atoms with Gasteiger partial charge in [-0.2, -0.15) is 0 Å². The van der Waals surface area contributed by atoms with Gasteiger partial charge in [0.1, 0.15) is 23.6 Å². The molecule has 3 aromatic carbocycles. The fraction of sp³-hybridized carbons (Fsp3) is 0.296. The summed E-state index contributed by atoms with van der Waals surface area (Å²) in [4.78, 5) is 13.4. The lowest BCUT2D eigenvalue weighted by atomic mass is 9.89. The number of anilines is 1. The Balaban J connectivity index is 1.67. The molecule has 190 valence electrons. The third-order valence-electron chi connectivity index (χ3n) is 6.03. The van der Waals surface area contributed by atoms with E-state index in [-0.39, 0.29) is 21.6 Å². The van der Waals surface area contributed by atoms with Crippen molar-refractivity contribution in [2.24, 2.45) is 0 Å². The number of carbonyl (C=O) groups excluding carboxylic acids is 1. The van der Waals surface area contributed by atoms with Gasteiger partial charge in [0, 0.05) is 12.0 Å². The van der Waals surface area contributed by atoms with Gasteiger partial charge in [-0.15, -0.1) is 0 Å². The third-order valence-corrected chi connectivity index (χ3v) is 8.11. The van der Waals surface area contributed by atoms with Crippen molar-refractivity contribution < 1.29 is 22.7 Å². The molecule has 1 heterocycles. The highest BCUT2D eigenvalue weighted by Gasteiger charge is 2.35. The summed E-state index contributed by atoms with van der Waals surface area (Å²) in [6.07, 6.45) is 0.537. The van der Waals surface area contributed by atoms with Crippen LogP contribution in [0, 0.1) is 6.92 Å². The number of hydrogen-bond acceptors (Lipinski definition) is 5. The first-order chi connectivity index (χ1) is 17.0. The topological polar surface area (TPSA) is 84.9 Å². The van der Waals surface area contributed by atoms with Gasteiger partial charge in [-0.3, -0.25) is 9.10 Å². The maximum absolute atomic E-state index is 13.7. The van der Waals surface area contributed by atoms with Crippen LogP contribution in [0.2, 0.25) is 5.02 Å². The fourth-order valence-corrected chi connectivity index (χ4v) is 5.93. The number of fused-ring (bicyclic) bond motifs is 1. The van der Waals surface area contributed by atoms with Crippen LogP contribution >= 0.6 is 11.6 Å². The average Bonchev–Trinajstić information content (AvgIpc) is 2.82. The number of nitrogens with zero attached hydrogens (tertiary/aromatic N) is 1. The van der Waals surface area contributed by atoms with Crippen LogP contribution in [0.25, 0.3) is 0 Å². The molecule has 9 heteroatoms. The molecule has 4 rings (SSSR count). The number of methoxy groups -OCH3 is 1. The zero-order valence-corrected chi connectivity index (χ0v) is 22.2. The first-order valence-electron chi connectivity index (χ1n) is 11.5. The molecule has 0 radical (unpaired) electrons. The van der Waals surface area contributed by atoms with E-state index in [0.717, 1.165) is 15.4 Å². The molecule has 0 spiro atoms. The van der Waals surface area contributed by atoms with E-state index in [1.165, 1.54) is 25.3 Å². The zero-order valence-electron chi connectivity index (χ0n) is 20.6. The number of amides is 1. The molecule has 0 saturated heterocycles. The minimum atomic E-state index is -4.08. The smallest absolute Gasteiger partial charge is 0.264 e. The van der Waals surface area contributed by atoms with E-state index in [9.17, 15) is 13.2 Å². The Morgan fingerprint density at radius 3 is 2.50 bits per heavy atom. The van der Waals surface area contributed by atoms with Crippen molar-refractivity contribution in [2.75, 3.05) is 18.0 Å². The number of hydrogen-bond donors (Lipinski definition) is 1. The molecule has 1 aliphatic rings. The number of sulfonamides is 1. The first-order valence-corrected chi connectivity index (χ1v) is 13.3. The normalized spacial score (nSPS) is 16.4. The number of benzene rings is 3. The number of nitrogens with one attached hydrogen (secondary N) is 1. The van der Waals surface area contributed by atoms with Gasteiger partial charge in [0.25, 0.3) is 10.0 Å². The Kier molecular flexibility index (Phi) is 7.20. The summed E-state index contributed by atoms with van der Waals surface area (Å²) in [7, 11) is -2.60. The van der Waals surface area contributed by atoms with Crippen molar-refractivity contribution in [1.82, 2.24) is 5.32 Å². The fourth-order valence-electron chi connectivity index (χ4n) is 4.26. The van der Waals surface area contributed by atoms with E-state index in [4.69, 9.17) is 21.1 Å². The second-order valence-electron chi connectivity index (χ2n) is 9.37. The summed E-state index contributed by atoms with van der Waals surface area (Å²) in [6, 6.07) is 18.3.